The highest BCUT2D eigenvalue weighted by Gasteiger charge is 2.33. The largest absolute Gasteiger partial charge is 0.493 e. The molecule has 8 heteroatoms. The van der Waals surface area contributed by atoms with Crippen molar-refractivity contribution in [1.29, 1.82) is 0 Å². The third-order valence-corrected chi connectivity index (χ3v) is 8.27. The van der Waals surface area contributed by atoms with Gasteiger partial charge in [-0.15, -0.1) is 11.3 Å². The molecule has 1 N–H and O–H groups in total. The summed E-state index contributed by atoms with van der Waals surface area (Å²) >= 11 is 7.62. The fourth-order valence-corrected chi connectivity index (χ4v) is 6.11. The minimum absolute atomic E-state index is 0.166. The molecule has 6 nitrogen and oxygen atoms in total. The number of hydrogen-bond donors (Lipinski definition) is 1. The topological polar surface area (TPSA) is 69.2 Å². The van der Waals surface area contributed by atoms with Crippen molar-refractivity contribution >= 4 is 45.7 Å². The molecule has 0 aliphatic heterocycles. The van der Waals surface area contributed by atoms with E-state index in [0.29, 0.717) is 44.4 Å². The maximum absolute atomic E-state index is 13.6. The minimum atomic E-state index is -0.166. The van der Waals surface area contributed by atoms with Crippen LogP contribution in [0, 0.1) is 11.3 Å². The molecule has 1 aliphatic carbocycles. The van der Waals surface area contributed by atoms with Gasteiger partial charge in [-0.1, -0.05) is 32.4 Å². The van der Waals surface area contributed by atoms with Crippen molar-refractivity contribution in [3.05, 3.63) is 63.0 Å². The van der Waals surface area contributed by atoms with Crippen molar-refractivity contribution in [2.45, 2.75) is 40.0 Å². The number of amides is 1. The number of anilines is 1. The number of nitrogens with zero attached hydrogens (tertiary/aromatic N) is 1. The summed E-state index contributed by atoms with van der Waals surface area (Å²) in [6.45, 7) is 6.85. The van der Waals surface area contributed by atoms with Gasteiger partial charge >= 0.3 is 0 Å². The van der Waals surface area contributed by atoms with Gasteiger partial charge in [0.05, 0.1) is 26.9 Å². The summed E-state index contributed by atoms with van der Waals surface area (Å²) in [6, 6.07) is 10.8. The molecule has 196 valence electrons. The number of rotatable bonds is 7. The first kappa shape index (κ1) is 27.0. The summed E-state index contributed by atoms with van der Waals surface area (Å²) in [7, 11) is 4.73. The molecule has 0 bridgehead atoms. The van der Waals surface area contributed by atoms with E-state index in [4.69, 9.17) is 30.8 Å². The monoisotopic (exact) mass is 540 g/mol. The number of nitrogens with one attached hydrogen (secondary N) is 1. The standard InChI is InChI=1S/C29H33ClN2O4S/c1-29(2,3)18-8-13-21-23(15-18)37-28(24(21)27(33)32-20-11-9-19(30)10-12-20)31-16-17-7-14-22(34-4)26(36-6)25(17)35-5/h7,9-12,14,16,18H,8,13,15H2,1-6H3,(H,32,33)/t18-/m0/s1. The first-order chi connectivity index (χ1) is 17.7. The van der Waals surface area contributed by atoms with Crippen LogP contribution >= 0.6 is 22.9 Å². The molecule has 1 atom stereocenters. The number of halogens is 1. The van der Waals surface area contributed by atoms with Crippen LogP contribution in [-0.2, 0) is 12.8 Å². The number of thiophene rings is 1. The first-order valence-corrected chi connectivity index (χ1v) is 13.4. The van der Waals surface area contributed by atoms with Crippen LogP contribution in [-0.4, -0.2) is 33.5 Å². The molecule has 1 aliphatic rings. The van der Waals surface area contributed by atoms with Gasteiger partial charge in [0.25, 0.3) is 5.91 Å². The number of benzene rings is 2. The molecule has 1 heterocycles. The van der Waals surface area contributed by atoms with Crippen LogP contribution in [0.25, 0.3) is 0 Å². The van der Waals surface area contributed by atoms with E-state index in [2.05, 4.69) is 26.1 Å². The number of aliphatic imine (C=N–C) groups is 1. The molecular formula is C29H33ClN2O4S. The highest BCUT2D eigenvalue weighted by atomic mass is 35.5. The molecular weight excluding hydrogens is 508 g/mol. The molecule has 3 aromatic rings. The highest BCUT2D eigenvalue weighted by molar-refractivity contribution is 7.16. The van der Waals surface area contributed by atoms with Gasteiger partial charge in [-0.05, 0) is 72.6 Å². The third kappa shape index (κ3) is 5.78. The van der Waals surface area contributed by atoms with Crippen LogP contribution < -0.4 is 19.5 Å². The molecule has 1 aromatic heterocycles. The first-order valence-electron chi connectivity index (χ1n) is 12.2. The van der Waals surface area contributed by atoms with Gasteiger partial charge < -0.3 is 19.5 Å². The Balaban J connectivity index is 1.75. The van der Waals surface area contributed by atoms with E-state index in [1.54, 1.807) is 63.1 Å². The van der Waals surface area contributed by atoms with Crippen molar-refractivity contribution in [1.82, 2.24) is 0 Å². The summed E-state index contributed by atoms with van der Waals surface area (Å²) in [5.41, 5.74) is 3.35. The van der Waals surface area contributed by atoms with E-state index in [0.717, 1.165) is 30.4 Å². The molecule has 4 rings (SSSR count). The lowest BCUT2D eigenvalue weighted by molar-refractivity contribution is 0.102. The van der Waals surface area contributed by atoms with Gasteiger partial charge in [0.1, 0.15) is 5.00 Å². The Labute approximate surface area is 227 Å². The number of carbonyl (C=O) groups excluding carboxylic acids is 1. The van der Waals surface area contributed by atoms with E-state index < -0.39 is 0 Å². The molecule has 0 fully saturated rings. The summed E-state index contributed by atoms with van der Waals surface area (Å²) in [5, 5.41) is 4.33. The Bertz CT molecular complexity index is 1310. The second-order valence-electron chi connectivity index (χ2n) is 10.1. The molecule has 1 amide bonds. The SMILES string of the molecule is COc1ccc(C=Nc2sc3c(c2C(=O)Nc2ccc(Cl)cc2)CC[C@H](C(C)(C)C)C3)c(OC)c1OC. The van der Waals surface area contributed by atoms with E-state index >= 15 is 0 Å². The lowest BCUT2D eigenvalue weighted by atomic mass is 9.72. The number of methoxy groups -OCH3 is 3. The Morgan fingerprint density at radius 2 is 1.76 bits per heavy atom. The van der Waals surface area contributed by atoms with Crippen molar-refractivity contribution in [3.8, 4) is 17.2 Å². The Morgan fingerprint density at radius 3 is 2.38 bits per heavy atom. The predicted molar refractivity (Wildman–Crippen MR) is 152 cm³/mol. The Morgan fingerprint density at radius 1 is 1.05 bits per heavy atom. The molecule has 0 spiro atoms. The minimum Gasteiger partial charge on any atom is -0.493 e. The quantitative estimate of drug-likeness (QED) is 0.313. The van der Waals surface area contributed by atoms with Crippen LogP contribution in [0.5, 0.6) is 17.2 Å². The summed E-state index contributed by atoms with van der Waals surface area (Å²) in [5.74, 6) is 1.97. The fraction of sp³-hybridized carbons (Fsp3) is 0.379. The molecule has 0 saturated heterocycles. The predicted octanol–water partition coefficient (Wildman–Crippen LogP) is 7.58. The number of carbonyl (C=O) groups is 1. The number of ether oxygens (including phenoxy) is 3. The molecule has 0 radical (unpaired) electrons. The third-order valence-electron chi connectivity index (χ3n) is 6.86. The molecule has 0 saturated carbocycles. The molecule has 0 unspecified atom stereocenters. The van der Waals surface area contributed by atoms with Crippen LogP contribution in [0.2, 0.25) is 5.02 Å². The summed E-state index contributed by atoms with van der Waals surface area (Å²) in [4.78, 5) is 19.6. The van der Waals surface area contributed by atoms with Crippen LogP contribution in [0.15, 0.2) is 41.4 Å². The van der Waals surface area contributed by atoms with Gasteiger partial charge in [-0.25, -0.2) is 4.99 Å². The van der Waals surface area contributed by atoms with Crippen molar-refractivity contribution in [2.24, 2.45) is 16.3 Å². The van der Waals surface area contributed by atoms with E-state index in [1.165, 1.54) is 4.88 Å². The lowest BCUT2D eigenvalue weighted by Gasteiger charge is -2.33. The van der Waals surface area contributed by atoms with Crippen LogP contribution in [0.4, 0.5) is 10.7 Å². The molecule has 2 aromatic carbocycles. The zero-order valence-corrected chi connectivity index (χ0v) is 23.7. The van der Waals surface area contributed by atoms with E-state index in [9.17, 15) is 4.79 Å². The second-order valence-corrected chi connectivity index (χ2v) is 11.7. The zero-order valence-electron chi connectivity index (χ0n) is 22.1. The summed E-state index contributed by atoms with van der Waals surface area (Å²) < 4.78 is 16.5. The lowest BCUT2D eigenvalue weighted by Crippen LogP contribution is -2.27. The van der Waals surface area contributed by atoms with Gasteiger partial charge in [0.15, 0.2) is 11.5 Å². The average molecular weight is 541 g/mol. The van der Waals surface area contributed by atoms with Gasteiger partial charge in [0.2, 0.25) is 5.75 Å². The smallest absolute Gasteiger partial charge is 0.259 e. The van der Waals surface area contributed by atoms with Gasteiger partial charge in [-0.2, -0.15) is 0 Å². The van der Waals surface area contributed by atoms with E-state index in [-0.39, 0.29) is 11.3 Å². The highest BCUT2D eigenvalue weighted by Crippen LogP contribution is 2.46. The number of hydrogen-bond acceptors (Lipinski definition) is 6. The Kier molecular flexibility index (Phi) is 8.14. The molecule has 37 heavy (non-hydrogen) atoms. The van der Waals surface area contributed by atoms with Crippen LogP contribution in [0.1, 0.15) is 53.6 Å². The van der Waals surface area contributed by atoms with Gasteiger partial charge in [-0.3, -0.25) is 4.79 Å². The maximum Gasteiger partial charge on any atom is 0.259 e. The van der Waals surface area contributed by atoms with Crippen LogP contribution in [0.3, 0.4) is 0 Å². The Hall–Kier alpha value is -3.03. The van der Waals surface area contributed by atoms with Crippen molar-refractivity contribution < 1.29 is 19.0 Å². The summed E-state index contributed by atoms with van der Waals surface area (Å²) in [6.07, 6.45) is 4.56. The van der Waals surface area contributed by atoms with E-state index in [1.807, 2.05) is 12.1 Å². The average Bonchev–Trinajstić information content (AvgIpc) is 3.25. The van der Waals surface area contributed by atoms with Crippen molar-refractivity contribution in [3.63, 3.8) is 0 Å². The van der Waals surface area contributed by atoms with Crippen molar-refractivity contribution in [2.75, 3.05) is 26.6 Å². The normalized spacial score (nSPS) is 15.4. The maximum atomic E-state index is 13.6. The van der Waals surface area contributed by atoms with Gasteiger partial charge in [0, 0.05) is 27.4 Å². The zero-order chi connectivity index (χ0) is 26.7. The second kappa shape index (κ2) is 11.2. The number of fused-ring (bicyclic) bond motifs is 1. The fourth-order valence-electron chi connectivity index (χ4n) is 4.72.